The molecule has 6 heteroatoms. The minimum absolute atomic E-state index is 0.151. The van der Waals surface area contributed by atoms with Crippen molar-refractivity contribution in [3.05, 3.63) is 77.0 Å². The monoisotopic (exact) mass is 391 g/mol. The maximum atomic E-state index is 13.2. The highest BCUT2D eigenvalue weighted by Crippen LogP contribution is 2.39. The molecule has 0 aromatic heterocycles. The van der Waals surface area contributed by atoms with Gasteiger partial charge < -0.3 is 20.1 Å². The number of hydrogen-bond donors (Lipinski definition) is 1. The topological polar surface area (TPSA) is 89.5 Å². The zero-order valence-electron chi connectivity index (χ0n) is 16.5. The summed E-state index contributed by atoms with van der Waals surface area (Å²) in [6.45, 7) is 3.62. The van der Waals surface area contributed by atoms with Crippen molar-refractivity contribution in [3.8, 4) is 0 Å². The predicted octanol–water partition coefficient (Wildman–Crippen LogP) is 2.36. The molecule has 0 aliphatic carbocycles. The maximum Gasteiger partial charge on any atom is 0.271 e. The fourth-order valence-electron chi connectivity index (χ4n) is 3.55. The SMILES string of the molecule is CC(=O)C1=C(Nc2ccc(C)cc2)C(=O)N(CCCC(=O)[O-])[C@@H]1c1ccccc1. The lowest BCUT2D eigenvalue weighted by Gasteiger charge is -2.27. The van der Waals surface area contributed by atoms with Gasteiger partial charge in [-0.25, -0.2) is 0 Å². The van der Waals surface area contributed by atoms with E-state index in [0.717, 1.165) is 11.1 Å². The molecule has 0 bridgehead atoms. The second kappa shape index (κ2) is 8.73. The van der Waals surface area contributed by atoms with Crippen LogP contribution in [0.25, 0.3) is 0 Å². The molecule has 2 aromatic carbocycles. The Labute approximate surface area is 169 Å². The second-order valence-corrected chi connectivity index (χ2v) is 7.12. The van der Waals surface area contributed by atoms with E-state index in [4.69, 9.17) is 0 Å². The van der Waals surface area contributed by atoms with E-state index < -0.39 is 12.0 Å². The van der Waals surface area contributed by atoms with Crippen molar-refractivity contribution in [2.45, 2.75) is 32.7 Å². The van der Waals surface area contributed by atoms with Gasteiger partial charge in [-0.15, -0.1) is 0 Å². The van der Waals surface area contributed by atoms with Crippen molar-refractivity contribution in [2.24, 2.45) is 0 Å². The molecule has 1 heterocycles. The van der Waals surface area contributed by atoms with Gasteiger partial charge in [0, 0.05) is 18.2 Å². The van der Waals surface area contributed by atoms with Gasteiger partial charge in [-0.2, -0.15) is 0 Å². The van der Waals surface area contributed by atoms with Crippen LogP contribution in [0.4, 0.5) is 5.69 Å². The van der Waals surface area contributed by atoms with E-state index in [9.17, 15) is 19.5 Å². The smallest absolute Gasteiger partial charge is 0.271 e. The molecule has 2 aromatic rings. The summed E-state index contributed by atoms with van der Waals surface area (Å²) < 4.78 is 0. The van der Waals surface area contributed by atoms with Crippen LogP contribution in [0.2, 0.25) is 0 Å². The number of amides is 1. The number of carboxylic acids is 1. The number of hydrogen-bond acceptors (Lipinski definition) is 5. The highest BCUT2D eigenvalue weighted by molar-refractivity contribution is 6.11. The summed E-state index contributed by atoms with van der Waals surface area (Å²) in [5, 5.41) is 13.9. The number of aliphatic carboxylic acids is 1. The summed E-state index contributed by atoms with van der Waals surface area (Å²) in [4.78, 5) is 38.2. The number of anilines is 1. The van der Waals surface area contributed by atoms with Gasteiger partial charge in [-0.1, -0.05) is 48.0 Å². The zero-order chi connectivity index (χ0) is 21.0. The number of carbonyl (C=O) groups is 3. The molecule has 3 rings (SSSR count). The lowest BCUT2D eigenvalue weighted by molar-refractivity contribution is -0.305. The van der Waals surface area contributed by atoms with Crippen molar-refractivity contribution >= 4 is 23.3 Å². The lowest BCUT2D eigenvalue weighted by Crippen LogP contribution is -2.33. The molecule has 1 N–H and O–H groups in total. The van der Waals surface area contributed by atoms with Crippen LogP contribution < -0.4 is 10.4 Å². The van der Waals surface area contributed by atoms with Crippen LogP contribution in [0.3, 0.4) is 0 Å². The van der Waals surface area contributed by atoms with Gasteiger partial charge in [0.15, 0.2) is 5.78 Å². The van der Waals surface area contributed by atoms with Crippen molar-refractivity contribution in [3.63, 3.8) is 0 Å². The molecule has 1 amide bonds. The molecule has 0 fully saturated rings. The maximum absolute atomic E-state index is 13.2. The van der Waals surface area contributed by atoms with Gasteiger partial charge in [-0.3, -0.25) is 9.59 Å². The normalized spacial score (nSPS) is 16.3. The Morgan fingerprint density at radius 3 is 2.31 bits per heavy atom. The highest BCUT2D eigenvalue weighted by Gasteiger charge is 2.41. The fourth-order valence-corrected chi connectivity index (χ4v) is 3.55. The molecule has 1 aliphatic heterocycles. The van der Waals surface area contributed by atoms with Crippen LogP contribution >= 0.6 is 0 Å². The molecule has 0 radical (unpaired) electrons. The predicted molar refractivity (Wildman–Crippen MR) is 108 cm³/mol. The van der Waals surface area contributed by atoms with E-state index >= 15 is 0 Å². The summed E-state index contributed by atoms with van der Waals surface area (Å²) in [5.74, 6) is -1.68. The Morgan fingerprint density at radius 2 is 1.72 bits per heavy atom. The van der Waals surface area contributed by atoms with Gasteiger partial charge >= 0.3 is 0 Å². The molecule has 0 spiro atoms. The Balaban J connectivity index is 2.01. The highest BCUT2D eigenvalue weighted by atomic mass is 16.4. The number of Topliss-reactive ketones (excluding diaryl/α,β-unsaturated/α-hetero) is 1. The zero-order valence-corrected chi connectivity index (χ0v) is 16.5. The van der Waals surface area contributed by atoms with Crippen LogP contribution in [0.15, 0.2) is 65.9 Å². The van der Waals surface area contributed by atoms with E-state index in [-0.39, 0.29) is 36.8 Å². The first kappa shape index (κ1) is 20.3. The Hall–Kier alpha value is -3.41. The van der Waals surface area contributed by atoms with Crippen LogP contribution in [-0.4, -0.2) is 29.1 Å². The van der Waals surface area contributed by atoms with Gasteiger partial charge in [-0.05, 0) is 44.4 Å². The van der Waals surface area contributed by atoms with E-state index in [2.05, 4.69) is 5.32 Å². The molecule has 150 valence electrons. The Kier molecular flexibility index (Phi) is 6.12. The first-order valence-corrected chi connectivity index (χ1v) is 9.53. The van der Waals surface area contributed by atoms with E-state index in [0.29, 0.717) is 11.3 Å². The van der Waals surface area contributed by atoms with Gasteiger partial charge in [0.2, 0.25) is 0 Å². The van der Waals surface area contributed by atoms with E-state index in [1.54, 1.807) is 4.90 Å². The van der Waals surface area contributed by atoms with Gasteiger partial charge in [0.05, 0.1) is 11.6 Å². The number of rotatable bonds is 8. The number of ketones is 1. The summed E-state index contributed by atoms with van der Waals surface area (Å²) in [5.41, 5.74) is 3.22. The van der Waals surface area contributed by atoms with Gasteiger partial charge in [0.1, 0.15) is 5.70 Å². The van der Waals surface area contributed by atoms with Crippen molar-refractivity contribution in [2.75, 3.05) is 11.9 Å². The quantitative estimate of drug-likeness (QED) is 0.746. The standard InChI is InChI=1S/C23H24N2O4/c1-15-10-12-18(13-11-15)24-21-20(16(2)26)22(17-7-4-3-5-8-17)25(23(21)29)14-6-9-19(27)28/h3-5,7-8,10-13,22,24H,6,9,14H2,1-2H3,(H,27,28)/p-1/t22-/m1/s1. The number of nitrogens with one attached hydrogen (secondary N) is 1. The summed E-state index contributed by atoms with van der Waals surface area (Å²) >= 11 is 0. The molecule has 6 nitrogen and oxygen atoms in total. The summed E-state index contributed by atoms with van der Waals surface area (Å²) in [6, 6.07) is 16.3. The minimum Gasteiger partial charge on any atom is -0.550 e. The van der Waals surface area contributed by atoms with Crippen LogP contribution in [-0.2, 0) is 14.4 Å². The number of nitrogens with zero attached hydrogens (tertiary/aromatic N) is 1. The van der Waals surface area contributed by atoms with E-state index in [1.807, 2.05) is 61.5 Å². The third kappa shape index (κ3) is 4.54. The number of benzene rings is 2. The molecule has 0 saturated carbocycles. The van der Waals surface area contributed by atoms with Crippen molar-refractivity contribution in [1.82, 2.24) is 4.90 Å². The minimum atomic E-state index is -1.16. The fraction of sp³-hybridized carbons (Fsp3) is 0.261. The Morgan fingerprint density at radius 1 is 1.07 bits per heavy atom. The Bertz CT molecular complexity index is 949. The van der Waals surface area contributed by atoms with Crippen LogP contribution in [0, 0.1) is 6.92 Å². The van der Waals surface area contributed by atoms with Crippen LogP contribution in [0.5, 0.6) is 0 Å². The average molecular weight is 391 g/mol. The third-order valence-electron chi connectivity index (χ3n) is 4.92. The molecule has 1 atom stereocenters. The molecule has 29 heavy (non-hydrogen) atoms. The third-order valence-corrected chi connectivity index (χ3v) is 4.92. The largest absolute Gasteiger partial charge is 0.550 e. The first-order valence-electron chi connectivity index (χ1n) is 9.53. The summed E-state index contributed by atoms with van der Waals surface area (Å²) in [7, 11) is 0. The van der Waals surface area contributed by atoms with Crippen molar-refractivity contribution < 1.29 is 19.5 Å². The molecule has 0 unspecified atom stereocenters. The lowest BCUT2D eigenvalue weighted by atomic mass is 9.96. The average Bonchev–Trinajstić information content (AvgIpc) is 2.96. The molecular formula is C23H23N2O4-. The first-order chi connectivity index (χ1) is 13.9. The van der Waals surface area contributed by atoms with E-state index in [1.165, 1.54) is 6.92 Å². The van der Waals surface area contributed by atoms with Crippen LogP contribution in [0.1, 0.15) is 36.9 Å². The molecular weight excluding hydrogens is 368 g/mol. The van der Waals surface area contributed by atoms with Crippen molar-refractivity contribution in [1.29, 1.82) is 0 Å². The second-order valence-electron chi connectivity index (χ2n) is 7.12. The number of carbonyl (C=O) groups excluding carboxylic acids is 3. The van der Waals surface area contributed by atoms with Gasteiger partial charge in [0.25, 0.3) is 5.91 Å². The molecule has 1 aliphatic rings. The number of aryl methyl sites for hydroxylation is 1. The molecule has 0 saturated heterocycles. The number of carboxylic acid groups (broad SMARTS) is 1. The summed E-state index contributed by atoms with van der Waals surface area (Å²) in [6.07, 6.45) is 0.0990.